The van der Waals surface area contributed by atoms with Gasteiger partial charge in [0.1, 0.15) is 5.82 Å². The van der Waals surface area contributed by atoms with Crippen LogP contribution in [0.4, 0.5) is 22.0 Å². The Morgan fingerprint density at radius 3 is 2.07 bits per heavy atom. The lowest BCUT2D eigenvalue weighted by Gasteiger charge is -2.28. The second-order valence-corrected chi connectivity index (χ2v) is 5.78. The van der Waals surface area contributed by atoms with Crippen LogP contribution in [-0.4, -0.2) is 23.0 Å². The second kappa shape index (κ2) is 6.72. The first-order chi connectivity index (χ1) is 12.8. The van der Waals surface area contributed by atoms with E-state index < -0.39 is 47.1 Å². The molecule has 1 aromatic carbocycles. The van der Waals surface area contributed by atoms with Crippen molar-refractivity contribution < 1.29 is 22.0 Å². The maximum absolute atomic E-state index is 14.7. The molecule has 27 heavy (non-hydrogen) atoms. The molecule has 2 heterocycles. The zero-order valence-electron chi connectivity index (χ0n) is 13.6. The summed E-state index contributed by atoms with van der Waals surface area (Å²) in [6, 6.07) is 5.23. The van der Waals surface area contributed by atoms with Gasteiger partial charge in [-0.1, -0.05) is 0 Å². The zero-order chi connectivity index (χ0) is 19.9. The van der Waals surface area contributed by atoms with Crippen molar-refractivity contribution in [3.05, 3.63) is 51.7 Å². The lowest BCUT2D eigenvalue weighted by molar-refractivity contribution is 0.159. The van der Waals surface area contributed by atoms with Gasteiger partial charge < -0.3 is 5.32 Å². The smallest absolute Gasteiger partial charge is 0.279 e. The Kier molecular flexibility index (Phi) is 4.58. The largest absolute Gasteiger partial charge is 0.351 e. The van der Waals surface area contributed by atoms with E-state index in [0.717, 1.165) is 6.07 Å². The highest BCUT2D eigenvalue weighted by Crippen LogP contribution is 2.42. The van der Waals surface area contributed by atoms with Gasteiger partial charge >= 0.3 is 0 Å². The highest BCUT2D eigenvalue weighted by atomic mass is 19.3. The SMILES string of the molecule is Cc1[nH]nc2cc(F)c(C3C(C#N)=C(C(F)F)NC(C(F)F)=C3C#N)cc12. The van der Waals surface area contributed by atoms with Gasteiger partial charge in [0.05, 0.1) is 46.1 Å². The van der Waals surface area contributed by atoms with Gasteiger partial charge in [-0.05, 0) is 13.0 Å². The average molecular weight is 379 g/mol. The van der Waals surface area contributed by atoms with E-state index in [9.17, 15) is 32.5 Å². The predicted molar refractivity (Wildman–Crippen MR) is 84.0 cm³/mol. The van der Waals surface area contributed by atoms with E-state index >= 15 is 0 Å². The molecule has 0 spiro atoms. The monoisotopic (exact) mass is 379 g/mol. The molecule has 0 fully saturated rings. The lowest BCUT2D eigenvalue weighted by atomic mass is 9.80. The van der Waals surface area contributed by atoms with E-state index in [4.69, 9.17) is 0 Å². The van der Waals surface area contributed by atoms with Crippen molar-refractivity contribution in [1.29, 1.82) is 10.5 Å². The third-order valence-electron chi connectivity index (χ3n) is 4.28. The van der Waals surface area contributed by atoms with Crippen LogP contribution in [0.2, 0.25) is 0 Å². The van der Waals surface area contributed by atoms with Crippen LogP contribution < -0.4 is 5.32 Å². The van der Waals surface area contributed by atoms with Gasteiger partial charge in [-0.3, -0.25) is 5.10 Å². The lowest BCUT2D eigenvalue weighted by Crippen LogP contribution is -2.32. The first kappa shape index (κ1) is 18.4. The van der Waals surface area contributed by atoms with Gasteiger partial charge in [-0.2, -0.15) is 15.6 Å². The number of rotatable bonds is 3. The van der Waals surface area contributed by atoms with Crippen molar-refractivity contribution >= 4 is 10.9 Å². The third-order valence-corrected chi connectivity index (χ3v) is 4.28. The number of hydrogen-bond acceptors (Lipinski definition) is 4. The number of aromatic amines is 1. The molecule has 138 valence electrons. The summed E-state index contributed by atoms with van der Waals surface area (Å²) >= 11 is 0. The van der Waals surface area contributed by atoms with E-state index in [1.165, 1.54) is 18.2 Å². The number of aromatic nitrogens is 2. The summed E-state index contributed by atoms with van der Waals surface area (Å²) in [5, 5.41) is 27.4. The van der Waals surface area contributed by atoms with Crippen LogP contribution in [0.25, 0.3) is 10.9 Å². The van der Waals surface area contributed by atoms with Gasteiger partial charge in [0, 0.05) is 22.7 Å². The van der Waals surface area contributed by atoms with Gasteiger partial charge in [0.15, 0.2) is 0 Å². The number of nitrogens with zero attached hydrogens (tertiary/aromatic N) is 3. The predicted octanol–water partition coefficient (Wildman–Crippen LogP) is 3.78. The molecule has 5 nitrogen and oxygen atoms in total. The summed E-state index contributed by atoms with van der Waals surface area (Å²) in [4.78, 5) is 0. The van der Waals surface area contributed by atoms with Crippen molar-refractivity contribution in [1.82, 2.24) is 15.5 Å². The van der Waals surface area contributed by atoms with Crippen LogP contribution in [0.15, 0.2) is 34.7 Å². The van der Waals surface area contributed by atoms with Crippen molar-refractivity contribution in [3.63, 3.8) is 0 Å². The molecule has 10 heteroatoms. The van der Waals surface area contributed by atoms with Crippen LogP contribution in [0, 0.1) is 35.4 Å². The average Bonchev–Trinajstić information content (AvgIpc) is 2.98. The van der Waals surface area contributed by atoms with Gasteiger partial charge in [-0.15, -0.1) is 0 Å². The molecular weight excluding hydrogens is 369 g/mol. The van der Waals surface area contributed by atoms with Crippen LogP contribution in [0.5, 0.6) is 0 Å². The van der Waals surface area contributed by atoms with E-state index in [0.29, 0.717) is 11.1 Å². The van der Waals surface area contributed by atoms with Crippen LogP contribution >= 0.6 is 0 Å². The molecule has 0 amide bonds. The number of dihydropyridines is 1. The van der Waals surface area contributed by atoms with Crippen molar-refractivity contribution in [2.24, 2.45) is 0 Å². The minimum Gasteiger partial charge on any atom is -0.351 e. The molecule has 0 saturated heterocycles. The molecule has 1 aliphatic heterocycles. The Hall–Kier alpha value is -3.40. The minimum atomic E-state index is -3.29. The van der Waals surface area contributed by atoms with Crippen molar-refractivity contribution in [3.8, 4) is 12.1 Å². The molecule has 1 aromatic heterocycles. The summed E-state index contributed by atoms with van der Waals surface area (Å²) in [5.41, 5.74) is -3.10. The highest BCUT2D eigenvalue weighted by molar-refractivity contribution is 5.82. The van der Waals surface area contributed by atoms with Gasteiger partial charge in [-0.25, -0.2) is 22.0 Å². The number of H-pyrrole nitrogens is 1. The molecule has 0 bridgehead atoms. The summed E-state index contributed by atoms with van der Waals surface area (Å²) < 4.78 is 68.1. The number of benzene rings is 1. The van der Waals surface area contributed by atoms with Gasteiger partial charge in [0.25, 0.3) is 12.9 Å². The van der Waals surface area contributed by atoms with E-state index in [-0.39, 0.29) is 11.1 Å². The first-order valence-corrected chi connectivity index (χ1v) is 7.55. The molecule has 0 atom stereocenters. The maximum atomic E-state index is 14.7. The van der Waals surface area contributed by atoms with Crippen LogP contribution in [-0.2, 0) is 0 Å². The first-order valence-electron chi connectivity index (χ1n) is 7.55. The fourth-order valence-corrected chi connectivity index (χ4v) is 3.04. The summed E-state index contributed by atoms with van der Waals surface area (Å²) in [6.07, 6.45) is -6.59. The topological polar surface area (TPSA) is 88.3 Å². The maximum Gasteiger partial charge on any atom is 0.279 e. The zero-order valence-corrected chi connectivity index (χ0v) is 13.6. The highest BCUT2D eigenvalue weighted by Gasteiger charge is 2.39. The molecular formula is C17H10F5N5. The molecule has 2 N–H and O–H groups in total. The molecule has 0 unspecified atom stereocenters. The number of nitrogens with one attached hydrogen (secondary N) is 2. The molecule has 0 aliphatic carbocycles. The quantitative estimate of drug-likeness (QED) is 0.795. The fraction of sp³-hybridized carbons (Fsp3) is 0.235. The Bertz CT molecular complexity index is 1030. The molecule has 3 rings (SSSR count). The van der Waals surface area contributed by atoms with Crippen LogP contribution in [0.1, 0.15) is 17.2 Å². The Balaban J connectivity index is 2.36. The fourth-order valence-electron chi connectivity index (χ4n) is 3.04. The van der Waals surface area contributed by atoms with Crippen LogP contribution in [0.3, 0.4) is 0 Å². The molecule has 1 aliphatic rings. The number of alkyl halides is 4. The van der Waals surface area contributed by atoms with E-state index in [1.54, 1.807) is 12.2 Å². The normalized spacial score (nSPS) is 15.5. The Morgan fingerprint density at radius 1 is 1.04 bits per heavy atom. The second-order valence-electron chi connectivity index (χ2n) is 5.78. The molecule has 2 aromatic rings. The van der Waals surface area contributed by atoms with E-state index in [1.807, 2.05) is 0 Å². The summed E-state index contributed by atoms with van der Waals surface area (Å²) in [5.74, 6) is -2.64. The number of halogens is 5. The third kappa shape index (κ3) is 2.89. The van der Waals surface area contributed by atoms with Gasteiger partial charge in [0.2, 0.25) is 0 Å². The molecule has 0 radical (unpaired) electrons. The number of nitriles is 2. The molecule has 0 saturated carbocycles. The number of hydrogen-bond donors (Lipinski definition) is 2. The van der Waals surface area contributed by atoms with Crippen molar-refractivity contribution in [2.45, 2.75) is 25.7 Å². The van der Waals surface area contributed by atoms with Crippen molar-refractivity contribution in [2.75, 3.05) is 0 Å². The Labute approximate surface area is 149 Å². The number of aryl methyl sites for hydroxylation is 1. The summed E-state index contributed by atoms with van der Waals surface area (Å²) in [6.45, 7) is 1.62. The summed E-state index contributed by atoms with van der Waals surface area (Å²) in [7, 11) is 0. The standard InChI is InChI=1S/C17H10F5N5/c1-6-7-2-8(11(18)3-12(7)27-26-6)13-9(4-23)14(16(19)20)25-15(17(21)22)10(13)5-24/h2-3,13,16-17,25H,1H3,(H,26,27). The Morgan fingerprint density at radius 2 is 1.59 bits per heavy atom. The number of fused-ring (bicyclic) bond motifs is 1. The number of allylic oxidation sites excluding steroid dienone is 4. The minimum absolute atomic E-state index is 0.232. The van der Waals surface area contributed by atoms with E-state index in [2.05, 4.69) is 10.2 Å².